The number of hydrogen-bond acceptors (Lipinski definition) is 4. The number of aryl methyl sites for hydroxylation is 1. The van der Waals surface area contributed by atoms with Gasteiger partial charge in [-0.1, -0.05) is 26.0 Å². The van der Waals surface area contributed by atoms with Gasteiger partial charge in [-0.05, 0) is 61.9 Å². The number of hydrogen-bond donors (Lipinski definition) is 1. The Bertz CT molecular complexity index is 1030. The number of nitriles is 1. The number of amides is 1. The molecule has 3 rings (SSSR count). The zero-order chi connectivity index (χ0) is 23.3. The lowest BCUT2D eigenvalue weighted by Gasteiger charge is -2.21. The molecular weight excluding hydrogens is 400 g/mol. The van der Waals surface area contributed by atoms with Crippen LogP contribution in [0.1, 0.15) is 37.2 Å². The second-order valence-corrected chi connectivity index (χ2v) is 8.98. The summed E-state index contributed by atoms with van der Waals surface area (Å²) in [5.41, 5.74) is 4.38. The van der Waals surface area contributed by atoms with Gasteiger partial charge in [0.05, 0.1) is 12.8 Å². The number of nitrogens with zero attached hydrogens (tertiary/aromatic N) is 3. The van der Waals surface area contributed by atoms with Crippen molar-refractivity contribution < 1.29 is 9.53 Å². The van der Waals surface area contributed by atoms with E-state index in [0.717, 1.165) is 54.4 Å². The molecule has 170 valence electrons. The molecule has 1 aliphatic heterocycles. The van der Waals surface area contributed by atoms with Gasteiger partial charge < -0.3 is 19.5 Å². The number of benzene rings is 1. The average molecular weight is 435 g/mol. The standard InChI is InChI=1S/C26H34N4O2/c1-18(2)16-30-19(3)12-22(20(30)4)13-23(14-27)26(31)28-15-21-10-11-29(17-21)24-8-6-7-9-25(24)32-5/h6-9,12-13,18,21H,10-11,15-17H2,1-5H3,(H,28,31)/b23-13+. The van der Waals surface area contributed by atoms with Crippen molar-refractivity contribution in [2.75, 3.05) is 31.6 Å². The molecule has 1 aromatic heterocycles. The molecule has 0 bridgehead atoms. The summed E-state index contributed by atoms with van der Waals surface area (Å²) in [5.74, 6) is 1.41. The molecule has 1 aliphatic rings. The minimum atomic E-state index is -0.308. The molecule has 1 amide bonds. The normalized spacial score (nSPS) is 16.3. The van der Waals surface area contributed by atoms with E-state index in [0.29, 0.717) is 18.4 Å². The topological polar surface area (TPSA) is 70.3 Å². The first-order valence-corrected chi connectivity index (χ1v) is 11.3. The lowest BCUT2D eigenvalue weighted by molar-refractivity contribution is -0.117. The molecule has 0 radical (unpaired) electrons. The fraction of sp³-hybridized carbons (Fsp3) is 0.462. The van der Waals surface area contributed by atoms with Crippen molar-refractivity contribution in [1.82, 2.24) is 9.88 Å². The number of methoxy groups -OCH3 is 1. The maximum atomic E-state index is 12.7. The molecule has 6 heteroatoms. The highest BCUT2D eigenvalue weighted by molar-refractivity contribution is 6.01. The van der Waals surface area contributed by atoms with Crippen LogP contribution in [-0.4, -0.2) is 37.2 Å². The fourth-order valence-electron chi connectivity index (χ4n) is 4.37. The minimum Gasteiger partial charge on any atom is -0.495 e. The van der Waals surface area contributed by atoms with E-state index < -0.39 is 0 Å². The van der Waals surface area contributed by atoms with Crippen LogP contribution in [-0.2, 0) is 11.3 Å². The molecule has 1 N–H and O–H groups in total. The van der Waals surface area contributed by atoms with Gasteiger partial charge in [-0.15, -0.1) is 0 Å². The summed E-state index contributed by atoms with van der Waals surface area (Å²) in [5, 5.41) is 12.6. The maximum absolute atomic E-state index is 12.7. The Hall–Kier alpha value is -3.20. The first-order valence-electron chi connectivity index (χ1n) is 11.3. The Morgan fingerprint density at radius 2 is 2.09 bits per heavy atom. The molecule has 1 aromatic carbocycles. The molecule has 1 saturated heterocycles. The molecule has 0 saturated carbocycles. The zero-order valence-electron chi connectivity index (χ0n) is 19.8. The first-order chi connectivity index (χ1) is 15.3. The number of anilines is 1. The average Bonchev–Trinajstić information content (AvgIpc) is 3.35. The van der Waals surface area contributed by atoms with Gasteiger partial charge in [0.15, 0.2) is 0 Å². The lowest BCUT2D eigenvalue weighted by atomic mass is 10.1. The van der Waals surface area contributed by atoms with Crippen LogP contribution < -0.4 is 15.0 Å². The number of ether oxygens (including phenoxy) is 1. The molecule has 2 aromatic rings. The Morgan fingerprint density at radius 1 is 1.34 bits per heavy atom. The summed E-state index contributed by atoms with van der Waals surface area (Å²) in [4.78, 5) is 15.0. The number of aromatic nitrogens is 1. The second-order valence-electron chi connectivity index (χ2n) is 8.98. The van der Waals surface area contributed by atoms with Gasteiger partial charge in [0, 0.05) is 37.6 Å². The molecular formula is C26H34N4O2. The number of para-hydroxylation sites is 2. The molecule has 2 heterocycles. The Kier molecular flexibility index (Phi) is 7.63. The van der Waals surface area contributed by atoms with Gasteiger partial charge in [0.25, 0.3) is 5.91 Å². The third-order valence-corrected chi connectivity index (χ3v) is 6.09. The van der Waals surface area contributed by atoms with E-state index in [1.165, 1.54) is 0 Å². The van der Waals surface area contributed by atoms with Gasteiger partial charge in [-0.25, -0.2) is 0 Å². The van der Waals surface area contributed by atoms with Crippen LogP contribution in [0, 0.1) is 37.0 Å². The predicted octanol–water partition coefficient (Wildman–Crippen LogP) is 4.32. The van der Waals surface area contributed by atoms with Crippen molar-refractivity contribution >= 4 is 17.7 Å². The molecule has 0 aliphatic carbocycles. The Labute approximate surface area is 191 Å². The largest absolute Gasteiger partial charge is 0.495 e. The summed E-state index contributed by atoms with van der Waals surface area (Å²) < 4.78 is 7.72. The van der Waals surface area contributed by atoms with Crippen LogP contribution in [0.3, 0.4) is 0 Å². The molecule has 0 spiro atoms. The van der Waals surface area contributed by atoms with Gasteiger partial charge in [-0.3, -0.25) is 4.79 Å². The van der Waals surface area contributed by atoms with Gasteiger partial charge >= 0.3 is 0 Å². The summed E-state index contributed by atoms with van der Waals surface area (Å²) >= 11 is 0. The van der Waals surface area contributed by atoms with E-state index in [-0.39, 0.29) is 11.5 Å². The second kappa shape index (κ2) is 10.4. The summed E-state index contributed by atoms with van der Waals surface area (Å²) in [6.07, 6.45) is 2.70. The van der Waals surface area contributed by atoms with Gasteiger partial charge in [0.1, 0.15) is 17.4 Å². The number of rotatable bonds is 8. The van der Waals surface area contributed by atoms with Crippen molar-refractivity contribution in [3.8, 4) is 11.8 Å². The van der Waals surface area contributed by atoms with Crippen LogP contribution in [0.2, 0.25) is 0 Å². The van der Waals surface area contributed by atoms with E-state index in [1.807, 2.05) is 31.2 Å². The lowest BCUT2D eigenvalue weighted by Crippen LogP contribution is -2.31. The van der Waals surface area contributed by atoms with E-state index in [4.69, 9.17) is 4.74 Å². The van der Waals surface area contributed by atoms with Crippen molar-refractivity contribution in [3.63, 3.8) is 0 Å². The van der Waals surface area contributed by atoms with Crippen molar-refractivity contribution in [2.24, 2.45) is 11.8 Å². The highest BCUT2D eigenvalue weighted by Crippen LogP contribution is 2.31. The summed E-state index contributed by atoms with van der Waals surface area (Å²) in [7, 11) is 1.68. The molecule has 32 heavy (non-hydrogen) atoms. The SMILES string of the molecule is COc1ccccc1N1CCC(CNC(=O)/C(C#N)=C/c2cc(C)n(CC(C)C)c2C)C1. The quantitative estimate of drug-likeness (QED) is 0.496. The molecule has 1 unspecified atom stereocenters. The highest BCUT2D eigenvalue weighted by atomic mass is 16.5. The van der Waals surface area contributed by atoms with E-state index in [2.05, 4.69) is 47.7 Å². The monoisotopic (exact) mass is 434 g/mol. The maximum Gasteiger partial charge on any atom is 0.261 e. The van der Waals surface area contributed by atoms with Crippen LogP contribution in [0.25, 0.3) is 6.08 Å². The van der Waals surface area contributed by atoms with Crippen LogP contribution >= 0.6 is 0 Å². The van der Waals surface area contributed by atoms with Gasteiger partial charge in [-0.2, -0.15) is 5.26 Å². The van der Waals surface area contributed by atoms with Crippen molar-refractivity contribution in [2.45, 2.75) is 40.7 Å². The van der Waals surface area contributed by atoms with Crippen LogP contribution in [0.15, 0.2) is 35.9 Å². The third kappa shape index (κ3) is 5.34. The fourth-order valence-corrected chi connectivity index (χ4v) is 4.37. The molecule has 1 atom stereocenters. The smallest absolute Gasteiger partial charge is 0.261 e. The predicted molar refractivity (Wildman–Crippen MR) is 129 cm³/mol. The number of carbonyl (C=O) groups excluding carboxylic acids is 1. The molecule has 1 fully saturated rings. The first kappa shape index (κ1) is 23.5. The Balaban J connectivity index is 1.62. The van der Waals surface area contributed by atoms with Crippen LogP contribution in [0.5, 0.6) is 5.75 Å². The van der Waals surface area contributed by atoms with E-state index >= 15 is 0 Å². The van der Waals surface area contributed by atoms with Crippen molar-refractivity contribution in [3.05, 3.63) is 52.9 Å². The highest BCUT2D eigenvalue weighted by Gasteiger charge is 2.25. The summed E-state index contributed by atoms with van der Waals surface area (Å²) in [6, 6.07) is 12.1. The Morgan fingerprint density at radius 3 is 2.78 bits per heavy atom. The number of nitrogens with one attached hydrogen (secondary N) is 1. The van der Waals surface area contributed by atoms with Gasteiger partial charge in [0.2, 0.25) is 0 Å². The van der Waals surface area contributed by atoms with Crippen LogP contribution in [0.4, 0.5) is 5.69 Å². The minimum absolute atomic E-state index is 0.148. The third-order valence-electron chi connectivity index (χ3n) is 6.09. The molecule has 6 nitrogen and oxygen atoms in total. The van der Waals surface area contributed by atoms with E-state index in [9.17, 15) is 10.1 Å². The number of carbonyl (C=O) groups is 1. The summed E-state index contributed by atoms with van der Waals surface area (Å²) in [6.45, 7) is 11.7. The van der Waals surface area contributed by atoms with E-state index in [1.54, 1.807) is 13.2 Å². The zero-order valence-corrected chi connectivity index (χ0v) is 19.8. The van der Waals surface area contributed by atoms with Crippen molar-refractivity contribution in [1.29, 1.82) is 5.26 Å².